The Labute approximate surface area is 329 Å². The molecule has 0 aliphatic carbocycles. The molecule has 3 unspecified atom stereocenters. The predicted molar refractivity (Wildman–Crippen MR) is 215 cm³/mol. The van der Waals surface area contributed by atoms with E-state index in [0.29, 0.717) is 5.56 Å². The first-order chi connectivity index (χ1) is 26.5. The van der Waals surface area contributed by atoms with E-state index in [-0.39, 0.29) is 13.0 Å². The number of alkyl carbamates (subject to hydrolysis) is 1. The van der Waals surface area contributed by atoms with Gasteiger partial charge in [-0.3, -0.25) is 18.7 Å². The quantitative estimate of drug-likeness (QED) is 0.0464. The summed E-state index contributed by atoms with van der Waals surface area (Å²) in [6.07, 6.45) is -2.51. The Kier molecular flexibility index (Phi) is 15.6. The number of carbonyl (C=O) groups is 4. The fourth-order valence-electron chi connectivity index (χ4n) is 5.83. The maximum atomic E-state index is 15.8. The zero-order valence-corrected chi connectivity index (χ0v) is 34.0. The molecule has 0 aliphatic heterocycles. The Morgan fingerprint density at radius 2 is 1.27 bits per heavy atom. The van der Waals surface area contributed by atoms with Gasteiger partial charge < -0.3 is 24.8 Å². The van der Waals surface area contributed by atoms with Gasteiger partial charge in [0, 0.05) is 19.0 Å². The lowest BCUT2D eigenvalue weighted by atomic mass is 9.97. The number of rotatable bonds is 17. The third-order valence-corrected chi connectivity index (χ3v) is 11.3. The smallest absolute Gasteiger partial charge is 0.408 e. The van der Waals surface area contributed by atoms with E-state index in [1.807, 2.05) is 84.9 Å². The molecule has 11 nitrogen and oxygen atoms in total. The fraction of sp³-hybridized carbons (Fsp3) is 0.364. The number of amides is 2. The molecule has 2 N–H and O–H groups in total. The molecule has 0 aromatic heterocycles. The molecule has 12 heteroatoms. The van der Waals surface area contributed by atoms with Crippen LogP contribution in [0.1, 0.15) is 70.9 Å². The summed E-state index contributed by atoms with van der Waals surface area (Å²) < 4.78 is 38.7. The third-order valence-electron chi connectivity index (χ3n) is 8.60. The first kappa shape index (κ1) is 43.5. The van der Waals surface area contributed by atoms with Crippen LogP contribution >= 0.6 is 7.37 Å². The van der Waals surface area contributed by atoms with Gasteiger partial charge in [-0.05, 0) is 61.9 Å². The number of hydrogen-bond acceptors (Lipinski definition) is 9. The van der Waals surface area contributed by atoms with Crippen molar-refractivity contribution in [3.05, 3.63) is 132 Å². The van der Waals surface area contributed by atoms with Crippen LogP contribution in [0.3, 0.4) is 0 Å². The molecular formula is C44H53N2O9P. The van der Waals surface area contributed by atoms with Crippen molar-refractivity contribution < 1.29 is 42.5 Å². The SMILES string of the molecule is CC(=O)OC(OP(=O)(C[C@@H](Cc1ccc(-c2ccccc2)cc1)C(=O)N[C@H](C)C(=O)OCc1ccccc1)C(NC(=O)OC(C)(C)C)c1ccccc1)C(C)C. The monoisotopic (exact) mass is 784 g/mol. The van der Waals surface area contributed by atoms with Gasteiger partial charge >= 0.3 is 18.0 Å². The first-order valence-corrected chi connectivity index (χ1v) is 20.5. The van der Waals surface area contributed by atoms with Crippen molar-refractivity contribution in [2.45, 2.75) is 85.2 Å². The molecule has 4 rings (SSSR count). The molecule has 4 aromatic carbocycles. The van der Waals surface area contributed by atoms with E-state index in [2.05, 4.69) is 10.6 Å². The highest BCUT2D eigenvalue weighted by atomic mass is 31.2. The van der Waals surface area contributed by atoms with Crippen LogP contribution in [0, 0.1) is 11.8 Å². The molecule has 0 saturated carbocycles. The minimum Gasteiger partial charge on any atom is -0.459 e. The second-order valence-electron chi connectivity index (χ2n) is 15.0. The van der Waals surface area contributed by atoms with E-state index in [1.54, 1.807) is 65.0 Å². The maximum absolute atomic E-state index is 15.8. The Bertz CT molecular complexity index is 1930. The van der Waals surface area contributed by atoms with E-state index in [1.165, 1.54) is 13.8 Å². The normalized spacial score (nSPS) is 14.6. The Morgan fingerprint density at radius 1 is 0.714 bits per heavy atom. The standard InChI is InChI=1S/C44H53N2O9P/c1-30(2)42(53-32(4)47)55-56(51,40(37-21-15-10-16-22-37)46-43(50)54-44(5,6)7)29-38(27-33-23-25-36(26-24-33)35-19-13-9-14-20-35)39(48)45-31(3)41(49)52-28-34-17-11-8-12-18-34/h8-26,30-31,38,40,42H,27-29H2,1-7H3,(H,45,48)(H,46,50)/t31-,38-,40?,42?,56?/m1/s1. The van der Waals surface area contributed by atoms with Crippen LogP contribution in [0.15, 0.2) is 115 Å². The molecule has 298 valence electrons. The summed E-state index contributed by atoms with van der Waals surface area (Å²) in [7, 11) is -4.33. The van der Waals surface area contributed by atoms with Crippen molar-refractivity contribution in [2.24, 2.45) is 11.8 Å². The number of nitrogens with one attached hydrogen (secondary N) is 2. The number of esters is 2. The largest absolute Gasteiger partial charge is 0.459 e. The average molecular weight is 785 g/mol. The van der Waals surface area contributed by atoms with Crippen LogP contribution in [0.4, 0.5) is 4.79 Å². The maximum Gasteiger partial charge on any atom is 0.408 e. The van der Waals surface area contributed by atoms with Crippen LogP contribution < -0.4 is 10.6 Å². The van der Waals surface area contributed by atoms with Crippen LogP contribution in [0.2, 0.25) is 0 Å². The highest BCUT2D eigenvalue weighted by Crippen LogP contribution is 2.61. The molecule has 0 saturated heterocycles. The van der Waals surface area contributed by atoms with Gasteiger partial charge in [0.2, 0.25) is 19.6 Å². The van der Waals surface area contributed by atoms with Gasteiger partial charge in [-0.25, -0.2) is 9.59 Å². The molecule has 0 bridgehead atoms. The molecule has 2 amide bonds. The lowest BCUT2D eigenvalue weighted by Crippen LogP contribution is -2.44. The van der Waals surface area contributed by atoms with E-state index >= 15 is 4.57 Å². The number of ether oxygens (including phenoxy) is 3. The summed E-state index contributed by atoms with van der Waals surface area (Å²) in [6, 6.07) is 34.1. The zero-order valence-electron chi connectivity index (χ0n) is 33.1. The lowest BCUT2D eigenvalue weighted by molar-refractivity contribution is -0.167. The molecule has 4 aromatic rings. The lowest BCUT2D eigenvalue weighted by Gasteiger charge is -2.35. The summed E-state index contributed by atoms with van der Waals surface area (Å²) in [5.74, 6) is -4.80. The van der Waals surface area contributed by atoms with Gasteiger partial charge in [0.05, 0.1) is 5.92 Å². The summed E-state index contributed by atoms with van der Waals surface area (Å²) in [5.41, 5.74) is 3.02. The van der Waals surface area contributed by atoms with Crippen LogP contribution in [-0.2, 0) is 50.7 Å². The molecule has 0 heterocycles. The van der Waals surface area contributed by atoms with Gasteiger partial charge in [0.15, 0.2) is 0 Å². The van der Waals surface area contributed by atoms with Gasteiger partial charge in [-0.15, -0.1) is 0 Å². The molecule has 0 spiro atoms. The van der Waals surface area contributed by atoms with Crippen molar-refractivity contribution in [1.29, 1.82) is 0 Å². The van der Waals surface area contributed by atoms with Crippen molar-refractivity contribution >= 4 is 31.3 Å². The van der Waals surface area contributed by atoms with E-state index < -0.39 is 73.0 Å². The van der Waals surface area contributed by atoms with Crippen molar-refractivity contribution in [3.8, 4) is 11.1 Å². The highest BCUT2D eigenvalue weighted by molar-refractivity contribution is 7.59. The third kappa shape index (κ3) is 13.5. The average Bonchev–Trinajstić information content (AvgIpc) is 3.16. The summed E-state index contributed by atoms with van der Waals surface area (Å²) >= 11 is 0. The minimum atomic E-state index is -4.33. The second kappa shape index (κ2) is 20.1. The van der Waals surface area contributed by atoms with E-state index in [0.717, 1.165) is 22.3 Å². The fourth-order valence-corrected chi connectivity index (χ4v) is 8.73. The van der Waals surface area contributed by atoms with Crippen molar-refractivity contribution in [1.82, 2.24) is 10.6 Å². The molecule has 0 radical (unpaired) electrons. The van der Waals surface area contributed by atoms with Crippen LogP contribution in [-0.4, -0.2) is 48.0 Å². The zero-order chi connectivity index (χ0) is 40.9. The summed E-state index contributed by atoms with van der Waals surface area (Å²) in [5, 5.41) is 5.52. The molecule has 0 aliphatic rings. The Morgan fingerprint density at radius 3 is 1.82 bits per heavy atom. The number of carbonyl (C=O) groups excluding carboxylic acids is 4. The van der Waals surface area contributed by atoms with Crippen molar-refractivity contribution in [2.75, 3.05) is 6.16 Å². The summed E-state index contributed by atoms with van der Waals surface area (Å²) in [4.78, 5) is 53.2. The minimum absolute atomic E-state index is 0.0158. The van der Waals surface area contributed by atoms with Gasteiger partial charge in [0.1, 0.15) is 24.0 Å². The Balaban J connectivity index is 1.75. The number of benzene rings is 4. The Hall–Kier alpha value is -5.25. The molecular weight excluding hydrogens is 731 g/mol. The first-order valence-electron chi connectivity index (χ1n) is 18.7. The van der Waals surface area contributed by atoms with E-state index in [4.69, 9.17) is 18.7 Å². The van der Waals surface area contributed by atoms with E-state index in [9.17, 15) is 19.2 Å². The topological polar surface area (TPSA) is 146 Å². The van der Waals surface area contributed by atoms with Gasteiger partial charge in [-0.1, -0.05) is 129 Å². The van der Waals surface area contributed by atoms with Gasteiger partial charge in [0.25, 0.3) is 0 Å². The highest BCUT2D eigenvalue weighted by Gasteiger charge is 2.44. The van der Waals surface area contributed by atoms with Crippen molar-refractivity contribution in [3.63, 3.8) is 0 Å². The van der Waals surface area contributed by atoms with Gasteiger partial charge in [-0.2, -0.15) is 0 Å². The second-order valence-corrected chi connectivity index (χ2v) is 17.5. The van der Waals surface area contributed by atoms with Crippen LogP contribution in [0.5, 0.6) is 0 Å². The van der Waals surface area contributed by atoms with Crippen LogP contribution in [0.25, 0.3) is 11.1 Å². The molecule has 5 atom stereocenters. The predicted octanol–water partition coefficient (Wildman–Crippen LogP) is 8.82. The molecule has 56 heavy (non-hydrogen) atoms. The number of hydrogen-bond donors (Lipinski definition) is 2. The summed E-state index contributed by atoms with van der Waals surface area (Å²) in [6.45, 7) is 11.3. The molecule has 0 fully saturated rings.